The molecule has 4 fully saturated rings. The molecule has 0 radical (unpaired) electrons. The summed E-state index contributed by atoms with van der Waals surface area (Å²) in [5.41, 5.74) is 3.39. The van der Waals surface area contributed by atoms with Crippen LogP contribution in [0.1, 0.15) is 82.2 Å². The highest BCUT2D eigenvalue weighted by Gasteiger charge is 2.20. The highest BCUT2D eigenvalue weighted by Crippen LogP contribution is 2.30. The Balaban J connectivity index is 0.000000128. The molecule has 4 aromatic rings. The molecule has 4 aliphatic rings. The standard InChI is InChI=1S/C17H18N2O.C12H13BrN2O.C5H6/c1-2-10-20-17(3-1)19-16-9-8-14(7-6-13-4-5-13)11-15(16)12-18-19;13-10-4-5-11-9(7-10)8-14-15(11)12-3-1-2-6-16-12;1-2-5-3-4-5/h8-9,11-13,17H,1-5,10H2;4-5,7-8,12H,1-3,6H2;1,5H,3-4H2. The lowest BCUT2D eigenvalue weighted by molar-refractivity contribution is -0.0367. The van der Waals surface area contributed by atoms with E-state index in [9.17, 15) is 0 Å². The lowest BCUT2D eigenvalue weighted by atomic mass is 10.1. The summed E-state index contributed by atoms with van der Waals surface area (Å²) >= 11 is 3.47. The highest BCUT2D eigenvalue weighted by molar-refractivity contribution is 9.10. The van der Waals surface area contributed by atoms with E-state index in [0.717, 1.165) is 64.3 Å². The van der Waals surface area contributed by atoms with Gasteiger partial charge in [-0.05, 0) is 101 Å². The number of aromatic nitrogens is 4. The first kappa shape index (κ1) is 28.0. The second-order valence-corrected chi connectivity index (χ2v) is 12.2. The van der Waals surface area contributed by atoms with Gasteiger partial charge in [-0.15, -0.1) is 12.3 Å². The monoisotopic (exact) mass is 612 g/mol. The molecule has 2 unspecified atom stereocenters. The van der Waals surface area contributed by atoms with Gasteiger partial charge >= 0.3 is 0 Å². The van der Waals surface area contributed by atoms with E-state index in [1.165, 1.54) is 44.9 Å². The Bertz CT molecular complexity index is 1570. The molecule has 8 rings (SSSR count). The van der Waals surface area contributed by atoms with Crippen LogP contribution in [-0.4, -0.2) is 32.8 Å². The fourth-order valence-corrected chi connectivity index (χ4v) is 5.49. The minimum absolute atomic E-state index is 0.102. The first-order valence-corrected chi connectivity index (χ1v) is 15.8. The number of terminal acetylenes is 1. The number of nitrogens with zero attached hydrogens (tertiary/aromatic N) is 4. The second kappa shape index (κ2) is 13.3. The molecule has 0 spiro atoms. The van der Waals surface area contributed by atoms with Crippen LogP contribution < -0.4 is 0 Å². The highest BCUT2D eigenvalue weighted by atomic mass is 79.9. The van der Waals surface area contributed by atoms with Crippen molar-refractivity contribution in [3.63, 3.8) is 0 Å². The lowest BCUT2D eigenvalue weighted by Crippen LogP contribution is -2.18. The fraction of sp³-hybridized carbons (Fsp3) is 0.471. The summed E-state index contributed by atoms with van der Waals surface area (Å²) in [4.78, 5) is 0. The molecular formula is C34H37BrN4O2. The first-order valence-electron chi connectivity index (χ1n) is 15.0. The topological polar surface area (TPSA) is 54.1 Å². The number of hydrogen-bond donors (Lipinski definition) is 0. The Morgan fingerprint density at radius 3 is 1.83 bits per heavy atom. The number of benzene rings is 2. The molecule has 2 aromatic heterocycles. The van der Waals surface area contributed by atoms with Gasteiger partial charge in [-0.2, -0.15) is 10.2 Å². The molecule has 2 atom stereocenters. The van der Waals surface area contributed by atoms with Gasteiger partial charge in [-0.25, -0.2) is 9.36 Å². The molecule has 0 bridgehead atoms. The van der Waals surface area contributed by atoms with Crippen molar-refractivity contribution in [2.75, 3.05) is 13.2 Å². The quantitative estimate of drug-likeness (QED) is 0.215. The average Bonchev–Trinajstić information content (AvgIpc) is 3.95. The number of halogens is 1. The second-order valence-electron chi connectivity index (χ2n) is 11.3. The predicted octanol–water partition coefficient (Wildman–Crippen LogP) is 8.02. The Labute approximate surface area is 250 Å². The van der Waals surface area contributed by atoms with Crippen LogP contribution in [-0.2, 0) is 9.47 Å². The number of hydrogen-bond acceptors (Lipinski definition) is 4. The molecular weight excluding hydrogens is 576 g/mol. The summed E-state index contributed by atoms with van der Waals surface area (Å²) in [6.45, 7) is 1.69. The van der Waals surface area contributed by atoms with Crippen molar-refractivity contribution in [3.8, 4) is 24.2 Å². The molecule has 0 N–H and O–H groups in total. The van der Waals surface area contributed by atoms with Crippen molar-refractivity contribution in [1.29, 1.82) is 0 Å². The molecule has 2 aliphatic carbocycles. The molecule has 212 valence electrons. The molecule has 2 aromatic carbocycles. The summed E-state index contributed by atoms with van der Waals surface area (Å²) in [6, 6.07) is 12.6. The Morgan fingerprint density at radius 1 is 0.732 bits per heavy atom. The molecule has 41 heavy (non-hydrogen) atoms. The van der Waals surface area contributed by atoms with Crippen molar-refractivity contribution < 1.29 is 9.47 Å². The van der Waals surface area contributed by atoms with Gasteiger partial charge in [-0.1, -0.05) is 27.8 Å². The van der Waals surface area contributed by atoms with E-state index in [-0.39, 0.29) is 12.5 Å². The largest absolute Gasteiger partial charge is 0.356 e. The molecule has 2 aliphatic heterocycles. The van der Waals surface area contributed by atoms with Crippen LogP contribution in [0.4, 0.5) is 0 Å². The van der Waals surface area contributed by atoms with E-state index in [1.807, 2.05) is 27.8 Å². The lowest BCUT2D eigenvalue weighted by Gasteiger charge is -2.23. The van der Waals surface area contributed by atoms with Crippen molar-refractivity contribution >= 4 is 37.7 Å². The zero-order chi connectivity index (χ0) is 28.0. The van der Waals surface area contributed by atoms with Gasteiger partial charge in [0.1, 0.15) is 0 Å². The zero-order valence-electron chi connectivity index (χ0n) is 23.5. The minimum atomic E-state index is 0.102. The van der Waals surface area contributed by atoms with Crippen molar-refractivity contribution in [1.82, 2.24) is 19.6 Å². The summed E-state index contributed by atoms with van der Waals surface area (Å²) < 4.78 is 16.7. The first-order chi connectivity index (χ1) is 20.2. The summed E-state index contributed by atoms with van der Waals surface area (Å²) in [7, 11) is 0. The maximum absolute atomic E-state index is 5.82. The van der Waals surface area contributed by atoms with E-state index in [2.05, 4.69) is 74.2 Å². The molecule has 2 saturated heterocycles. The van der Waals surface area contributed by atoms with Gasteiger partial charge in [0.25, 0.3) is 0 Å². The summed E-state index contributed by atoms with van der Waals surface area (Å²) in [5.74, 6) is 10.5. The van der Waals surface area contributed by atoms with Crippen molar-refractivity contribution in [2.24, 2.45) is 11.8 Å². The van der Waals surface area contributed by atoms with Gasteiger partial charge in [0.05, 0.1) is 23.4 Å². The average molecular weight is 614 g/mol. The van der Waals surface area contributed by atoms with Crippen LogP contribution in [0.3, 0.4) is 0 Å². The number of ether oxygens (including phenoxy) is 2. The Hall–Kier alpha value is -3.10. The fourth-order valence-electron chi connectivity index (χ4n) is 5.11. The normalized spacial score (nSPS) is 22.0. The Morgan fingerprint density at radius 2 is 1.32 bits per heavy atom. The smallest absolute Gasteiger partial charge is 0.150 e. The molecule has 7 heteroatoms. The third-order valence-corrected chi connectivity index (χ3v) is 8.31. The van der Waals surface area contributed by atoms with E-state index < -0.39 is 0 Å². The number of rotatable bonds is 2. The minimum Gasteiger partial charge on any atom is -0.356 e. The summed E-state index contributed by atoms with van der Waals surface area (Å²) in [5, 5.41) is 11.3. The molecule has 0 amide bonds. The van der Waals surface area contributed by atoms with Gasteiger partial charge in [0.2, 0.25) is 0 Å². The van der Waals surface area contributed by atoms with Crippen LogP contribution in [0.2, 0.25) is 0 Å². The number of fused-ring (bicyclic) bond motifs is 2. The third kappa shape index (κ3) is 7.41. The molecule has 2 saturated carbocycles. The van der Waals surface area contributed by atoms with E-state index in [1.54, 1.807) is 0 Å². The van der Waals surface area contributed by atoms with Gasteiger partial charge < -0.3 is 9.47 Å². The van der Waals surface area contributed by atoms with Crippen LogP contribution in [0, 0.1) is 36.0 Å². The Kier molecular flexibility index (Phi) is 9.06. The van der Waals surface area contributed by atoms with Crippen molar-refractivity contribution in [3.05, 3.63) is 58.8 Å². The SMILES string of the molecule is Brc1ccc2c(cnn2C2CCCCO2)c1.C#CC1CC1.C(#CC1CC1)c1ccc2c(cnn2C2CCCCO2)c1. The van der Waals surface area contributed by atoms with Crippen LogP contribution in [0.25, 0.3) is 21.8 Å². The van der Waals surface area contributed by atoms with E-state index in [0.29, 0.717) is 11.8 Å². The molecule has 4 heterocycles. The van der Waals surface area contributed by atoms with Crippen molar-refractivity contribution in [2.45, 2.75) is 76.7 Å². The van der Waals surface area contributed by atoms with Crippen LogP contribution in [0.5, 0.6) is 0 Å². The summed E-state index contributed by atoms with van der Waals surface area (Å²) in [6.07, 6.45) is 21.0. The maximum Gasteiger partial charge on any atom is 0.150 e. The van der Waals surface area contributed by atoms with E-state index in [4.69, 9.17) is 15.9 Å². The van der Waals surface area contributed by atoms with Crippen LogP contribution >= 0.6 is 15.9 Å². The van der Waals surface area contributed by atoms with Gasteiger partial charge in [-0.3, -0.25) is 0 Å². The maximum atomic E-state index is 5.82. The van der Waals surface area contributed by atoms with Crippen LogP contribution in [0.15, 0.2) is 53.3 Å². The predicted molar refractivity (Wildman–Crippen MR) is 166 cm³/mol. The molecule has 6 nitrogen and oxygen atoms in total. The van der Waals surface area contributed by atoms with Gasteiger partial charge in [0, 0.05) is 45.9 Å². The van der Waals surface area contributed by atoms with Gasteiger partial charge in [0.15, 0.2) is 12.5 Å². The zero-order valence-corrected chi connectivity index (χ0v) is 25.1. The van der Waals surface area contributed by atoms with E-state index >= 15 is 0 Å². The third-order valence-electron chi connectivity index (χ3n) is 7.82.